The van der Waals surface area contributed by atoms with Gasteiger partial charge in [-0.1, -0.05) is 19.1 Å². The highest BCUT2D eigenvalue weighted by molar-refractivity contribution is 7.92. The molecule has 2 amide bonds. The van der Waals surface area contributed by atoms with Gasteiger partial charge in [0.25, 0.3) is 0 Å². The van der Waals surface area contributed by atoms with Gasteiger partial charge in [0.15, 0.2) is 0 Å². The molecule has 2 rings (SSSR count). The minimum Gasteiger partial charge on any atom is -0.497 e. The normalized spacial score (nSPS) is 12.9. The van der Waals surface area contributed by atoms with Crippen molar-refractivity contribution < 1.29 is 27.5 Å². The highest BCUT2D eigenvalue weighted by Gasteiger charge is 2.30. The molecule has 0 spiro atoms. The molecule has 2 aromatic carbocycles. The molecule has 0 aliphatic carbocycles. The Hall–Kier alpha value is -3.27. The Kier molecular flexibility index (Phi) is 9.94. The lowest BCUT2D eigenvalue weighted by Gasteiger charge is -2.32. The average Bonchev–Trinajstić information content (AvgIpc) is 2.84. The van der Waals surface area contributed by atoms with Gasteiger partial charge in [0, 0.05) is 12.6 Å². The van der Waals surface area contributed by atoms with E-state index in [9.17, 15) is 18.0 Å². The van der Waals surface area contributed by atoms with Crippen LogP contribution >= 0.6 is 0 Å². The zero-order chi connectivity index (χ0) is 26.2. The lowest BCUT2D eigenvalue weighted by molar-refractivity contribution is -0.139. The Bertz CT molecular complexity index is 1090. The number of sulfonamides is 1. The van der Waals surface area contributed by atoms with E-state index in [1.165, 1.54) is 12.0 Å². The van der Waals surface area contributed by atoms with E-state index >= 15 is 0 Å². The van der Waals surface area contributed by atoms with E-state index in [2.05, 4.69) is 5.32 Å². The van der Waals surface area contributed by atoms with Crippen LogP contribution < -0.4 is 19.1 Å². The Labute approximate surface area is 208 Å². The topological polar surface area (TPSA) is 105 Å². The Morgan fingerprint density at radius 2 is 1.46 bits per heavy atom. The Balaban J connectivity index is 2.37. The third-order valence-electron chi connectivity index (χ3n) is 5.72. The van der Waals surface area contributed by atoms with Gasteiger partial charge in [0.1, 0.15) is 24.1 Å². The van der Waals surface area contributed by atoms with E-state index in [0.29, 0.717) is 17.2 Å². The van der Waals surface area contributed by atoms with Crippen molar-refractivity contribution in [1.82, 2.24) is 10.2 Å². The molecule has 35 heavy (non-hydrogen) atoms. The zero-order valence-corrected chi connectivity index (χ0v) is 22.0. The molecule has 0 aromatic heterocycles. The summed E-state index contributed by atoms with van der Waals surface area (Å²) in [6.07, 6.45) is 1.78. The monoisotopic (exact) mass is 505 g/mol. The number of anilines is 1. The van der Waals surface area contributed by atoms with Crippen molar-refractivity contribution in [1.29, 1.82) is 0 Å². The number of nitrogens with zero attached hydrogens (tertiary/aromatic N) is 2. The van der Waals surface area contributed by atoms with E-state index in [-0.39, 0.29) is 18.5 Å². The van der Waals surface area contributed by atoms with Crippen molar-refractivity contribution in [2.45, 2.75) is 45.8 Å². The summed E-state index contributed by atoms with van der Waals surface area (Å²) in [6, 6.07) is 12.6. The number of amides is 2. The molecule has 0 bridgehead atoms. The predicted molar refractivity (Wildman–Crippen MR) is 136 cm³/mol. The molecule has 0 aliphatic heterocycles. The second-order valence-electron chi connectivity index (χ2n) is 8.33. The second-order valence-corrected chi connectivity index (χ2v) is 10.2. The average molecular weight is 506 g/mol. The smallest absolute Gasteiger partial charge is 0.244 e. The number of carbonyl (C=O) groups excluding carboxylic acids is 2. The summed E-state index contributed by atoms with van der Waals surface area (Å²) in [6.45, 7) is 5.14. The van der Waals surface area contributed by atoms with Gasteiger partial charge >= 0.3 is 0 Å². The van der Waals surface area contributed by atoms with Gasteiger partial charge in [-0.15, -0.1) is 0 Å². The third-order valence-corrected chi connectivity index (χ3v) is 6.86. The van der Waals surface area contributed by atoms with E-state index in [1.54, 1.807) is 62.6 Å². The lowest BCUT2D eigenvalue weighted by Crippen LogP contribution is -2.52. The van der Waals surface area contributed by atoms with Gasteiger partial charge in [-0.2, -0.15) is 0 Å². The minimum atomic E-state index is -3.79. The van der Waals surface area contributed by atoms with Gasteiger partial charge in [-0.25, -0.2) is 8.42 Å². The van der Waals surface area contributed by atoms with E-state index < -0.39 is 28.5 Å². The molecule has 0 fully saturated rings. The van der Waals surface area contributed by atoms with Crippen LogP contribution in [0.5, 0.6) is 11.5 Å². The molecule has 10 heteroatoms. The maximum atomic E-state index is 13.5. The summed E-state index contributed by atoms with van der Waals surface area (Å²) in [4.78, 5) is 27.8. The van der Waals surface area contributed by atoms with Crippen LogP contribution in [0.15, 0.2) is 48.5 Å². The summed E-state index contributed by atoms with van der Waals surface area (Å²) in [5.74, 6) is 0.410. The first-order chi connectivity index (χ1) is 16.5. The highest BCUT2D eigenvalue weighted by atomic mass is 32.2. The SMILES string of the molecule is CC[C@@H](C)NC(=O)[C@@H](C)N(Cc1ccc(OC)cc1)C(=O)CN(c1ccc(OC)cc1)S(C)(=O)=O. The first kappa shape index (κ1) is 28.0. The number of ether oxygens (including phenoxy) is 2. The fraction of sp³-hybridized carbons (Fsp3) is 0.440. The first-order valence-electron chi connectivity index (χ1n) is 11.3. The maximum absolute atomic E-state index is 13.5. The number of benzene rings is 2. The van der Waals surface area contributed by atoms with E-state index in [1.807, 2.05) is 13.8 Å². The minimum absolute atomic E-state index is 0.0605. The first-order valence-corrected chi connectivity index (χ1v) is 13.2. The quantitative estimate of drug-likeness (QED) is 0.476. The number of carbonyl (C=O) groups is 2. The third kappa shape index (κ3) is 7.88. The molecule has 0 heterocycles. The molecule has 9 nitrogen and oxygen atoms in total. The van der Waals surface area contributed by atoms with Crippen molar-refractivity contribution in [3.63, 3.8) is 0 Å². The highest BCUT2D eigenvalue weighted by Crippen LogP contribution is 2.22. The molecule has 0 saturated carbocycles. The predicted octanol–water partition coefficient (Wildman–Crippen LogP) is 2.80. The largest absolute Gasteiger partial charge is 0.497 e. The molecule has 0 radical (unpaired) electrons. The van der Waals surface area contributed by atoms with Crippen molar-refractivity contribution in [2.24, 2.45) is 0 Å². The standard InChI is InChI=1S/C25H35N3O6S/c1-7-18(2)26-25(30)19(3)27(16-20-8-12-22(33-4)13-9-20)24(29)17-28(35(6,31)32)21-10-14-23(34-5)15-11-21/h8-15,18-19H,7,16-17H2,1-6H3,(H,26,30)/t18-,19-/m1/s1. The lowest BCUT2D eigenvalue weighted by atomic mass is 10.1. The number of methoxy groups -OCH3 is 2. The molecule has 2 atom stereocenters. The van der Waals surface area contributed by atoms with Crippen molar-refractivity contribution in [3.05, 3.63) is 54.1 Å². The zero-order valence-electron chi connectivity index (χ0n) is 21.1. The van der Waals surface area contributed by atoms with Gasteiger partial charge in [-0.3, -0.25) is 13.9 Å². The van der Waals surface area contributed by atoms with Crippen LogP contribution in [-0.2, 0) is 26.2 Å². The molecule has 0 unspecified atom stereocenters. The molecule has 1 N–H and O–H groups in total. The van der Waals surface area contributed by atoms with Crippen LogP contribution in [0.3, 0.4) is 0 Å². The summed E-state index contributed by atoms with van der Waals surface area (Å²) in [5.41, 5.74) is 1.10. The molecular weight excluding hydrogens is 470 g/mol. The van der Waals surface area contributed by atoms with Crippen molar-refractivity contribution in [2.75, 3.05) is 31.3 Å². The fourth-order valence-electron chi connectivity index (χ4n) is 3.34. The van der Waals surface area contributed by atoms with Crippen LogP contribution in [0.2, 0.25) is 0 Å². The molecule has 0 aliphatic rings. The molecule has 192 valence electrons. The van der Waals surface area contributed by atoms with Crippen LogP contribution in [0.1, 0.15) is 32.8 Å². The van der Waals surface area contributed by atoms with Crippen LogP contribution in [0.25, 0.3) is 0 Å². The molecular formula is C25H35N3O6S. The van der Waals surface area contributed by atoms with Gasteiger partial charge in [0.05, 0.1) is 26.2 Å². The number of hydrogen-bond acceptors (Lipinski definition) is 6. The maximum Gasteiger partial charge on any atom is 0.244 e. The van der Waals surface area contributed by atoms with Gasteiger partial charge < -0.3 is 19.7 Å². The fourth-order valence-corrected chi connectivity index (χ4v) is 4.19. The summed E-state index contributed by atoms with van der Waals surface area (Å²) < 4.78 is 36.5. The molecule has 2 aromatic rings. The molecule has 0 saturated heterocycles. The van der Waals surface area contributed by atoms with E-state index in [0.717, 1.165) is 22.5 Å². The van der Waals surface area contributed by atoms with E-state index in [4.69, 9.17) is 9.47 Å². The van der Waals surface area contributed by atoms with Crippen molar-refractivity contribution >= 4 is 27.5 Å². The van der Waals surface area contributed by atoms with Crippen LogP contribution in [-0.4, -0.2) is 64.2 Å². The van der Waals surface area contributed by atoms with Gasteiger partial charge in [0.2, 0.25) is 21.8 Å². The summed E-state index contributed by atoms with van der Waals surface area (Å²) in [5, 5.41) is 2.90. The number of rotatable bonds is 12. The Morgan fingerprint density at radius 3 is 1.91 bits per heavy atom. The number of hydrogen-bond donors (Lipinski definition) is 1. The Morgan fingerprint density at radius 1 is 0.943 bits per heavy atom. The van der Waals surface area contributed by atoms with Gasteiger partial charge in [-0.05, 0) is 62.2 Å². The number of nitrogens with one attached hydrogen (secondary N) is 1. The van der Waals surface area contributed by atoms with Crippen LogP contribution in [0.4, 0.5) is 5.69 Å². The van der Waals surface area contributed by atoms with Crippen LogP contribution in [0, 0.1) is 0 Å². The summed E-state index contributed by atoms with van der Waals surface area (Å²) >= 11 is 0. The second kappa shape index (κ2) is 12.4. The van der Waals surface area contributed by atoms with Crippen molar-refractivity contribution in [3.8, 4) is 11.5 Å². The summed E-state index contributed by atoms with van der Waals surface area (Å²) in [7, 11) is -0.719.